The summed E-state index contributed by atoms with van der Waals surface area (Å²) in [4.78, 5) is 25.2. The Balaban J connectivity index is 4.02. The number of phosphoric ester groups is 1. The monoisotopic (exact) mass is 930 g/mol. The lowest BCUT2D eigenvalue weighted by atomic mass is 10.0. The lowest BCUT2D eigenvalue weighted by molar-refractivity contribution is -0.870. The highest BCUT2D eigenvalue weighted by atomic mass is 31.2. The molecule has 0 radical (unpaired) electrons. The maximum atomic E-state index is 12.8. The highest BCUT2D eigenvalue weighted by Gasteiger charge is 2.20. The number of hydrogen-bond acceptors (Lipinski definition) is 7. The fourth-order valence-corrected chi connectivity index (χ4v) is 9.28. The molecular weight excluding hydrogens is 818 g/mol. The molecule has 384 valence electrons. The van der Waals surface area contributed by atoms with Crippen LogP contribution in [-0.4, -0.2) is 70.7 Å². The van der Waals surface area contributed by atoms with Gasteiger partial charge in [-0.05, 0) is 12.8 Å². The second-order valence-corrected chi connectivity index (χ2v) is 22.1. The molecule has 0 heterocycles. The second kappa shape index (κ2) is 48.9. The Labute approximate surface area is 399 Å². The third kappa shape index (κ3) is 52.5. The fraction of sp³-hybridized carbons (Fsp3) is 0.982. The first-order chi connectivity index (χ1) is 31.1. The summed E-state index contributed by atoms with van der Waals surface area (Å²) in [7, 11) is 1.38. The van der Waals surface area contributed by atoms with Gasteiger partial charge in [-0.1, -0.05) is 271 Å². The van der Waals surface area contributed by atoms with Crippen molar-refractivity contribution >= 4 is 13.8 Å². The number of rotatable bonds is 54. The minimum absolute atomic E-state index is 0.0319. The van der Waals surface area contributed by atoms with Crippen molar-refractivity contribution in [3.05, 3.63) is 0 Å². The number of quaternary nitrogens is 1. The molecule has 8 nitrogen and oxygen atoms in total. The van der Waals surface area contributed by atoms with E-state index < -0.39 is 13.9 Å². The molecule has 0 rings (SSSR count). The summed E-state index contributed by atoms with van der Waals surface area (Å²) in [5.74, 6) is -0.323. The number of carbonyl (C=O) groups is 1. The van der Waals surface area contributed by atoms with E-state index in [9.17, 15) is 14.3 Å². The van der Waals surface area contributed by atoms with Crippen molar-refractivity contribution in [2.24, 2.45) is 0 Å². The minimum Gasteiger partial charge on any atom is -0.756 e. The Morgan fingerprint density at radius 1 is 0.422 bits per heavy atom. The molecule has 0 aliphatic rings. The van der Waals surface area contributed by atoms with Gasteiger partial charge in [0.05, 0.1) is 34.4 Å². The van der Waals surface area contributed by atoms with E-state index >= 15 is 0 Å². The van der Waals surface area contributed by atoms with Crippen molar-refractivity contribution in [3.8, 4) is 0 Å². The van der Waals surface area contributed by atoms with E-state index in [1.807, 2.05) is 21.1 Å². The number of esters is 1. The normalized spacial score (nSPS) is 13.4. The van der Waals surface area contributed by atoms with E-state index in [4.69, 9.17) is 18.5 Å². The highest BCUT2D eigenvalue weighted by molar-refractivity contribution is 7.45. The third-order valence-corrected chi connectivity index (χ3v) is 13.9. The van der Waals surface area contributed by atoms with Gasteiger partial charge in [-0.25, -0.2) is 0 Å². The average Bonchev–Trinajstić information content (AvgIpc) is 3.25. The van der Waals surface area contributed by atoms with Crippen LogP contribution >= 0.6 is 7.82 Å². The molecule has 2 atom stereocenters. The number of hydrogen-bond donors (Lipinski definition) is 0. The van der Waals surface area contributed by atoms with E-state index in [0.29, 0.717) is 24.1 Å². The van der Waals surface area contributed by atoms with Gasteiger partial charge in [-0.15, -0.1) is 0 Å². The first-order valence-corrected chi connectivity index (χ1v) is 29.7. The predicted octanol–water partition coefficient (Wildman–Crippen LogP) is 16.9. The Morgan fingerprint density at radius 2 is 0.719 bits per heavy atom. The van der Waals surface area contributed by atoms with Crippen LogP contribution in [0.2, 0.25) is 0 Å². The molecule has 0 bridgehead atoms. The summed E-state index contributed by atoms with van der Waals surface area (Å²) < 4.78 is 34.9. The average molecular weight is 930 g/mol. The number of unbranched alkanes of at least 4 members (excludes halogenated alkanes) is 40. The Hall–Kier alpha value is -0.500. The van der Waals surface area contributed by atoms with Crippen LogP contribution in [0.1, 0.15) is 290 Å². The first kappa shape index (κ1) is 63.5. The molecule has 0 spiro atoms. The first-order valence-electron chi connectivity index (χ1n) is 28.3. The lowest BCUT2D eigenvalue weighted by Gasteiger charge is -2.28. The topological polar surface area (TPSA) is 94.1 Å². The van der Waals surface area contributed by atoms with Gasteiger partial charge in [0, 0.05) is 13.0 Å². The van der Waals surface area contributed by atoms with Crippen molar-refractivity contribution in [1.29, 1.82) is 0 Å². The minimum atomic E-state index is -4.52. The Bertz CT molecular complexity index is 992. The van der Waals surface area contributed by atoms with Gasteiger partial charge in [0.1, 0.15) is 19.3 Å². The van der Waals surface area contributed by atoms with Gasteiger partial charge in [0.2, 0.25) is 0 Å². The largest absolute Gasteiger partial charge is 0.756 e. The van der Waals surface area contributed by atoms with Gasteiger partial charge in [0.15, 0.2) is 0 Å². The number of nitrogens with zero attached hydrogens (tertiary/aromatic N) is 1. The molecule has 0 aromatic heterocycles. The van der Waals surface area contributed by atoms with E-state index in [-0.39, 0.29) is 25.8 Å². The van der Waals surface area contributed by atoms with Gasteiger partial charge in [-0.2, -0.15) is 0 Å². The molecule has 0 saturated carbocycles. The second-order valence-electron chi connectivity index (χ2n) is 20.7. The van der Waals surface area contributed by atoms with Crippen LogP contribution in [0, 0.1) is 0 Å². The van der Waals surface area contributed by atoms with Gasteiger partial charge in [0.25, 0.3) is 7.82 Å². The molecular formula is C55H112NO7P. The summed E-state index contributed by atoms with van der Waals surface area (Å²) in [5, 5.41) is 0. The zero-order valence-corrected chi connectivity index (χ0v) is 44.7. The molecule has 2 unspecified atom stereocenters. The molecule has 0 N–H and O–H groups in total. The zero-order valence-electron chi connectivity index (χ0n) is 43.8. The van der Waals surface area contributed by atoms with Gasteiger partial charge >= 0.3 is 5.97 Å². The van der Waals surface area contributed by atoms with Crippen LogP contribution in [0.5, 0.6) is 0 Å². The molecule has 0 aliphatic heterocycles. The summed E-state index contributed by atoms with van der Waals surface area (Å²) in [6.07, 6.45) is 55.7. The third-order valence-electron chi connectivity index (χ3n) is 12.9. The number of ether oxygens (including phenoxy) is 2. The number of phosphoric acid groups is 1. The highest BCUT2D eigenvalue weighted by Crippen LogP contribution is 2.38. The summed E-state index contributed by atoms with van der Waals surface area (Å²) in [6.45, 7) is 5.51. The van der Waals surface area contributed by atoms with Crippen LogP contribution < -0.4 is 4.89 Å². The maximum absolute atomic E-state index is 12.8. The maximum Gasteiger partial charge on any atom is 0.306 e. The van der Waals surface area contributed by atoms with Crippen molar-refractivity contribution in [2.75, 3.05) is 54.1 Å². The zero-order chi connectivity index (χ0) is 46.9. The quantitative estimate of drug-likeness (QED) is 0.0259. The van der Waals surface area contributed by atoms with Gasteiger partial charge in [-0.3, -0.25) is 9.36 Å². The lowest BCUT2D eigenvalue weighted by Crippen LogP contribution is -2.37. The van der Waals surface area contributed by atoms with E-state index in [1.165, 1.54) is 238 Å². The van der Waals surface area contributed by atoms with E-state index in [0.717, 1.165) is 32.1 Å². The van der Waals surface area contributed by atoms with E-state index in [1.54, 1.807) is 0 Å². The summed E-state index contributed by atoms with van der Waals surface area (Å²) >= 11 is 0. The van der Waals surface area contributed by atoms with Crippen molar-refractivity contribution in [3.63, 3.8) is 0 Å². The van der Waals surface area contributed by atoms with Crippen molar-refractivity contribution < 1.29 is 37.3 Å². The van der Waals surface area contributed by atoms with Crippen molar-refractivity contribution in [1.82, 2.24) is 0 Å². The van der Waals surface area contributed by atoms with Crippen LogP contribution in [0.15, 0.2) is 0 Å². The van der Waals surface area contributed by atoms with Crippen molar-refractivity contribution in [2.45, 2.75) is 296 Å². The molecule has 0 amide bonds. The molecule has 0 aromatic carbocycles. The number of carbonyl (C=O) groups excluding carboxylic acids is 1. The van der Waals surface area contributed by atoms with Gasteiger partial charge < -0.3 is 27.9 Å². The van der Waals surface area contributed by atoms with Crippen LogP contribution in [0.25, 0.3) is 0 Å². The Kier molecular flexibility index (Phi) is 48.6. The van der Waals surface area contributed by atoms with E-state index in [2.05, 4.69) is 13.8 Å². The fourth-order valence-electron chi connectivity index (χ4n) is 8.55. The molecule has 0 saturated heterocycles. The molecule has 9 heteroatoms. The molecule has 0 aromatic rings. The van der Waals surface area contributed by atoms with Crippen LogP contribution in [0.4, 0.5) is 0 Å². The molecule has 0 fully saturated rings. The standard InChI is InChI=1S/C55H112NO7P/c1-6-8-10-12-14-16-18-20-22-24-26-28-29-30-32-34-36-38-40-42-44-46-48-55(57)63-54(53-62-64(58,59)61-51-49-56(3,4)5)52-60-50-47-45-43-41-39-37-35-33-31-27-25-23-21-19-17-15-13-11-9-7-2/h54H,6-53H2,1-5H3. The predicted molar refractivity (Wildman–Crippen MR) is 273 cm³/mol. The summed E-state index contributed by atoms with van der Waals surface area (Å²) in [5.41, 5.74) is 0. The smallest absolute Gasteiger partial charge is 0.306 e. The van der Waals surface area contributed by atoms with Crippen LogP contribution in [-0.2, 0) is 27.9 Å². The van der Waals surface area contributed by atoms with Crippen LogP contribution in [0.3, 0.4) is 0 Å². The molecule has 0 aliphatic carbocycles. The SMILES string of the molecule is CCCCCCCCCCCCCCCCCCCCCCCCC(=O)OC(COCCCCCCCCCCCCCCCCCCCCCC)COP(=O)([O-])OCC[N+](C)(C)C. The summed E-state index contributed by atoms with van der Waals surface area (Å²) in [6, 6.07) is 0. The Morgan fingerprint density at radius 3 is 1.03 bits per heavy atom. The molecule has 64 heavy (non-hydrogen) atoms. The number of likely N-dealkylation sites (N-methyl/N-ethyl adjacent to an activating group) is 1.